The van der Waals surface area contributed by atoms with E-state index < -0.39 is 0 Å². The first kappa shape index (κ1) is 14.0. The Morgan fingerprint density at radius 1 is 1.17 bits per heavy atom. The van der Waals surface area contributed by atoms with Gasteiger partial charge in [0.2, 0.25) is 0 Å². The number of nitrogens with zero attached hydrogens (tertiary/aromatic N) is 3. The summed E-state index contributed by atoms with van der Waals surface area (Å²) in [5.41, 5.74) is 1.36. The van der Waals surface area contributed by atoms with Gasteiger partial charge >= 0.3 is 6.09 Å². The Morgan fingerprint density at radius 2 is 1.96 bits per heavy atom. The van der Waals surface area contributed by atoms with Crippen molar-refractivity contribution in [3.63, 3.8) is 0 Å². The lowest BCUT2D eigenvalue weighted by molar-refractivity contribution is -0.0881. The zero-order valence-electron chi connectivity index (χ0n) is 13.4. The van der Waals surface area contributed by atoms with E-state index in [4.69, 9.17) is 9.15 Å². The Labute approximate surface area is 140 Å². The second-order valence-electron chi connectivity index (χ2n) is 6.97. The Bertz CT molecular complexity index is 767. The minimum absolute atomic E-state index is 0.258. The highest BCUT2D eigenvalue weighted by Crippen LogP contribution is 2.43. The van der Waals surface area contributed by atoms with Gasteiger partial charge in [0.25, 0.3) is 0 Å². The fourth-order valence-corrected chi connectivity index (χ4v) is 4.34. The quantitative estimate of drug-likeness (QED) is 0.850. The lowest BCUT2D eigenvalue weighted by atomic mass is 9.75. The first-order valence-corrected chi connectivity index (χ1v) is 8.45. The number of hydrogen-bond donors (Lipinski definition) is 0. The molecule has 0 aromatic carbocycles. The van der Waals surface area contributed by atoms with Gasteiger partial charge in [-0.15, -0.1) is 0 Å². The topological polar surface area (TPSA) is 58.8 Å². The molecule has 4 fully saturated rings. The zero-order valence-corrected chi connectivity index (χ0v) is 13.4. The molecule has 0 aliphatic carbocycles. The van der Waals surface area contributed by atoms with Gasteiger partial charge in [0.1, 0.15) is 17.6 Å². The van der Waals surface area contributed by atoms with Crippen LogP contribution in [-0.4, -0.2) is 47.8 Å². The SMILES string of the molecule is O=C1O[C@]2(CN3CCC2CC3)CN1c1coc(-c2ccncc2)c1. The molecule has 0 radical (unpaired) electrons. The molecule has 1 spiro atoms. The summed E-state index contributed by atoms with van der Waals surface area (Å²) in [6, 6.07) is 5.68. The van der Waals surface area contributed by atoms with Crippen molar-refractivity contribution in [1.82, 2.24) is 9.88 Å². The van der Waals surface area contributed by atoms with E-state index in [9.17, 15) is 4.79 Å². The maximum Gasteiger partial charge on any atom is 0.415 e. The van der Waals surface area contributed by atoms with Gasteiger partial charge in [-0.25, -0.2) is 4.79 Å². The van der Waals surface area contributed by atoms with Gasteiger partial charge in [0.05, 0.1) is 12.2 Å². The monoisotopic (exact) mass is 325 g/mol. The molecule has 2 bridgehead atoms. The van der Waals surface area contributed by atoms with Crippen molar-refractivity contribution in [1.29, 1.82) is 0 Å². The zero-order chi connectivity index (χ0) is 16.1. The molecule has 1 atom stereocenters. The van der Waals surface area contributed by atoms with Crippen molar-refractivity contribution in [3.8, 4) is 11.3 Å². The summed E-state index contributed by atoms with van der Waals surface area (Å²) >= 11 is 0. The van der Waals surface area contributed by atoms with Gasteiger partial charge in [-0.3, -0.25) is 14.8 Å². The fraction of sp³-hybridized carbons (Fsp3) is 0.444. The lowest BCUT2D eigenvalue weighted by Crippen LogP contribution is -2.61. The number of rotatable bonds is 2. The van der Waals surface area contributed by atoms with E-state index in [1.54, 1.807) is 23.6 Å². The van der Waals surface area contributed by atoms with E-state index in [1.165, 1.54) is 0 Å². The standard InChI is InChI=1S/C18H19N3O3/c22-17-21(12-18(24-17)11-20-7-3-14(18)4-8-20)15-9-16(23-10-15)13-1-5-19-6-2-13/h1-2,5-6,9-10,14H,3-4,7-8,11-12H2/t18-/m1/s1. The minimum Gasteiger partial charge on any atom is -0.462 e. The molecule has 2 aromatic heterocycles. The van der Waals surface area contributed by atoms with Crippen LogP contribution < -0.4 is 4.90 Å². The molecule has 0 N–H and O–H groups in total. The van der Waals surface area contributed by atoms with Gasteiger partial charge in [-0.1, -0.05) is 0 Å². The number of hydrogen-bond acceptors (Lipinski definition) is 5. The second kappa shape index (κ2) is 5.08. The highest BCUT2D eigenvalue weighted by Gasteiger charge is 2.55. The third-order valence-electron chi connectivity index (χ3n) is 5.62. The van der Waals surface area contributed by atoms with Crippen molar-refractivity contribution in [2.24, 2.45) is 5.92 Å². The Morgan fingerprint density at radius 3 is 2.67 bits per heavy atom. The fourth-order valence-electron chi connectivity index (χ4n) is 4.34. The third-order valence-corrected chi connectivity index (χ3v) is 5.62. The van der Waals surface area contributed by atoms with Crippen LogP contribution in [0.1, 0.15) is 12.8 Å². The summed E-state index contributed by atoms with van der Waals surface area (Å²) in [5.74, 6) is 1.21. The van der Waals surface area contributed by atoms with Gasteiger partial charge in [0.15, 0.2) is 0 Å². The number of furan rings is 1. The molecule has 6 heterocycles. The van der Waals surface area contributed by atoms with E-state index in [-0.39, 0.29) is 11.7 Å². The highest BCUT2D eigenvalue weighted by molar-refractivity contribution is 5.91. The average Bonchev–Trinajstić information content (AvgIpc) is 3.22. The van der Waals surface area contributed by atoms with Crippen molar-refractivity contribution in [2.45, 2.75) is 18.4 Å². The molecule has 4 aliphatic heterocycles. The van der Waals surface area contributed by atoms with Crippen molar-refractivity contribution < 1.29 is 13.9 Å². The molecule has 0 saturated carbocycles. The van der Waals surface area contributed by atoms with Gasteiger partial charge in [0, 0.05) is 36.5 Å². The van der Waals surface area contributed by atoms with E-state index >= 15 is 0 Å². The summed E-state index contributed by atoms with van der Waals surface area (Å²) in [6.45, 7) is 3.72. The number of fused-ring (bicyclic) bond motifs is 2. The van der Waals surface area contributed by atoms with E-state index in [2.05, 4.69) is 9.88 Å². The van der Waals surface area contributed by atoms with Crippen LogP contribution in [0.4, 0.5) is 10.5 Å². The molecule has 6 rings (SSSR count). The molecule has 6 heteroatoms. The number of amides is 1. The summed E-state index contributed by atoms with van der Waals surface area (Å²) < 4.78 is 11.6. The number of carbonyl (C=O) groups excluding carboxylic acids is 1. The lowest BCUT2D eigenvalue weighted by Gasteiger charge is -2.49. The minimum atomic E-state index is -0.346. The number of piperidine rings is 3. The van der Waals surface area contributed by atoms with Crippen molar-refractivity contribution in [3.05, 3.63) is 36.9 Å². The summed E-state index contributed by atoms with van der Waals surface area (Å²) in [5, 5.41) is 0. The average molecular weight is 325 g/mol. The van der Waals surface area contributed by atoms with Crippen LogP contribution in [0.5, 0.6) is 0 Å². The molecule has 2 aromatic rings. The number of aromatic nitrogens is 1. The van der Waals surface area contributed by atoms with Crippen LogP contribution in [0.15, 0.2) is 41.3 Å². The van der Waals surface area contributed by atoms with Gasteiger partial charge < -0.3 is 9.15 Å². The maximum absolute atomic E-state index is 12.5. The van der Waals surface area contributed by atoms with Crippen LogP contribution in [0, 0.1) is 5.92 Å². The van der Waals surface area contributed by atoms with E-state index in [1.807, 2.05) is 18.2 Å². The molecule has 4 aliphatic rings. The molecular formula is C18H19N3O3. The summed E-state index contributed by atoms with van der Waals surface area (Å²) in [7, 11) is 0. The molecule has 124 valence electrons. The number of anilines is 1. The number of ether oxygens (including phenoxy) is 1. The third kappa shape index (κ3) is 2.06. The number of carbonyl (C=O) groups is 1. The van der Waals surface area contributed by atoms with Gasteiger partial charge in [-0.2, -0.15) is 0 Å². The molecular weight excluding hydrogens is 306 g/mol. The van der Waals surface area contributed by atoms with Crippen LogP contribution in [0.3, 0.4) is 0 Å². The maximum atomic E-state index is 12.5. The molecule has 6 nitrogen and oxygen atoms in total. The largest absolute Gasteiger partial charge is 0.462 e. The van der Waals surface area contributed by atoms with Crippen molar-refractivity contribution in [2.75, 3.05) is 31.1 Å². The van der Waals surface area contributed by atoms with Crippen LogP contribution in [0.25, 0.3) is 11.3 Å². The van der Waals surface area contributed by atoms with Crippen LogP contribution in [-0.2, 0) is 4.74 Å². The first-order chi connectivity index (χ1) is 11.7. The Hall–Kier alpha value is -2.34. The summed E-state index contributed by atoms with van der Waals surface area (Å²) in [4.78, 5) is 20.6. The van der Waals surface area contributed by atoms with Gasteiger partial charge in [-0.05, 0) is 38.1 Å². The smallest absolute Gasteiger partial charge is 0.415 e. The van der Waals surface area contributed by atoms with Crippen LogP contribution in [0.2, 0.25) is 0 Å². The van der Waals surface area contributed by atoms with E-state index in [0.717, 1.165) is 49.5 Å². The van der Waals surface area contributed by atoms with Crippen molar-refractivity contribution >= 4 is 11.8 Å². The Balaban J connectivity index is 1.42. The molecule has 1 amide bonds. The normalized spacial score (nSPS) is 31.7. The predicted octanol–water partition coefficient (Wildman–Crippen LogP) is 2.76. The summed E-state index contributed by atoms with van der Waals surface area (Å²) in [6.07, 6.45) is 7.07. The number of pyridine rings is 1. The van der Waals surface area contributed by atoms with E-state index in [0.29, 0.717) is 12.5 Å². The molecule has 24 heavy (non-hydrogen) atoms. The molecule has 4 saturated heterocycles. The van der Waals surface area contributed by atoms with Crippen LogP contribution >= 0.6 is 0 Å². The second-order valence-corrected chi connectivity index (χ2v) is 6.97. The first-order valence-electron chi connectivity index (χ1n) is 8.45. The molecule has 0 unspecified atom stereocenters. The predicted molar refractivity (Wildman–Crippen MR) is 87.7 cm³/mol. The Kier molecular flexibility index (Phi) is 2.97. The highest BCUT2D eigenvalue weighted by atomic mass is 16.6.